The van der Waals surface area contributed by atoms with Gasteiger partial charge in [0, 0.05) is 5.56 Å². The molecule has 0 bridgehead atoms. The molecule has 2 aromatic carbocycles. The first-order chi connectivity index (χ1) is 14.3. The van der Waals surface area contributed by atoms with Crippen LogP contribution in [0.15, 0.2) is 53.7 Å². The molecule has 1 amide bonds. The first-order valence-corrected chi connectivity index (χ1v) is 11.1. The molecule has 0 fully saturated rings. The van der Waals surface area contributed by atoms with Gasteiger partial charge >= 0.3 is 0 Å². The molecule has 0 aliphatic rings. The monoisotopic (exact) mass is 423 g/mol. The Morgan fingerprint density at radius 2 is 1.73 bits per heavy atom. The van der Waals surface area contributed by atoms with Crippen LogP contribution in [0, 0.1) is 12.8 Å². The van der Waals surface area contributed by atoms with E-state index in [1.165, 1.54) is 22.0 Å². The Kier molecular flexibility index (Phi) is 7.15. The van der Waals surface area contributed by atoms with Crippen LogP contribution in [0.4, 0.5) is 0 Å². The number of carbonyl (C=O) groups is 1. The van der Waals surface area contributed by atoms with Crippen LogP contribution in [0.2, 0.25) is 0 Å². The van der Waals surface area contributed by atoms with Gasteiger partial charge in [0.1, 0.15) is 0 Å². The molecule has 0 unspecified atom stereocenters. The van der Waals surface area contributed by atoms with Crippen LogP contribution < -0.4 is 11.2 Å². The maximum Gasteiger partial charge on any atom is 0.230 e. The standard InChI is InChI=1S/C23H29N5OS/c1-15(2)13-18-7-11-19(12-8-18)17(4)25-21(29)14-30-23-27-26-22(28(23)24)20-9-5-16(3)6-10-20/h5-12,15,17H,13-14,24H2,1-4H3,(H,25,29)/t17-/m0/s1. The van der Waals surface area contributed by atoms with E-state index in [-0.39, 0.29) is 17.7 Å². The minimum absolute atomic E-state index is 0.0648. The lowest BCUT2D eigenvalue weighted by Crippen LogP contribution is -2.28. The highest BCUT2D eigenvalue weighted by molar-refractivity contribution is 7.99. The average molecular weight is 424 g/mol. The van der Waals surface area contributed by atoms with Gasteiger partial charge in [-0.15, -0.1) is 10.2 Å². The van der Waals surface area contributed by atoms with E-state index in [9.17, 15) is 4.79 Å². The van der Waals surface area contributed by atoms with Crippen LogP contribution in [0.25, 0.3) is 11.4 Å². The first kappa shape index (κ1) is 21.9. The number of amides is 1. The molecule has 1 atom stereocenters. The van der Waals surface area contributed by atoms with Crippen molar-refractivity contribution >= 4 is 17.7 Å². The Labute approximate surface area is 182 Å². The van der Waals surface area contributed by atoms with E-state index in [1.807, 2.05) is 38.1 Å². The summed E-state index contributed by atoms with van der Waals surface area (Å²) in [4.78, 5) is 12.4. The number of benzene rings is 2. The molecule has 0 aliphatic heterocycles. The van der Waals surface area contributed by atoms with E-state index in [1.54, 1.807) is 0 Å². The molecule has 6 nitrogen and oxygen atoms in total. The Balaban J connectivity index is 1.55. The number of hydrogen-bond donors (Lipinski definition) is 2. The summed E-state index contributed by atoms with van der Waals surface area (Å²) >= 11 is 1.27. The maximum atomic E-state index is 12.4. The zero-order valence-corrected chi connectivity index (χ0v) is 18.7. The van der Waals surface area contributed by atoms with Gasteiger partial charge in [-0.25, -0.2) is 4.68 Å². The smallest absolute Gasteiger partial charge is 0.230 e. The first-order valence-electron chi connectivity index (χ1n) is 10.1. The van der Waals surface area contributed by atoms with E-state index < -0.39 is 0 Å². The second kappa shape index (κ2) is 9.80. The second-order valence-electron chi connectivity index (χ2n) is 7.96. The number of carbonyl (C=O) groups excluding carboxylic acids is 1. The van der Waals surface area contributed by atoms with Crippen LogP contribution in [-0.4, -0.2) is 26.5 Å². The number of nitrogens with one attached hydrogen (secondary N) is 1. The van der Waals surface area contributed by atoms with E-state index >= 15 is 0 Å². The Hall–Kier alpha value is -2.80. The number of thioether (sulfide) groups is 1. The summed E-state index contributed by atoms with van der Waals surface area (Å²) in [7, 11) is 0. The highest BCUT2D eigenvalue weighted by Crippen LogP contribution is 2.22. The highest BCUT2D eigenvalue weighted by atomic mass is 32.2. The molecule has 0 saturated heterocycles. The fraction of sp³-hybridized carbons (Fsp3) is 0.348. The van der Waals surface area contributed by atoms with Crippen LogP contribution in [0.5, 0.6) is 0 Å². The van der Waals surface area contributed by atoms with Gasteiger partial charge in [-0.3, -0.25) is 4.79 Å². The summed E-state index contributed by atoms with van der Waals surface area (Å²) in [6, 6.07) is 16.3. The van der Waals surface area contributed by atoms with Gasteiger partial charge in [-0.1, -0.05) is 79.7 Å². The van der Waals surface area contributed by atoms with Gasteiger partial charge in [-0.05, 0) is 37.3 Å². The summed E-state index contributed by atoms with van der Waals surface area (Å²) in [6.07, 6.45) is 1.06. The summed E-state index contributed by atoms with van der Waals surface area (Å²) in [5.41, 5.74) is 4.46. The topological polar surface area (TPSA) is 85.8 Å². The van der Waals surface area contributed by atoms with E-state index in [0.717, 1.165) is 23.1 Å². The third-order valence-electron chi connectivity index (χ3n) is 4.81. The number of nitrogen functional groups attached to an aromatic ring is 1. The Morgan fingerprint density at radius 3 is 2.37 bits per heavy atom. The molecular formula is C23H29N5OS. The van der Waals surface area contributed by atoms with Gasteiger partial charge in [0.15, 0.2) is 5.82 Å². The zero-order valence-electron chi connectivity index (χ0n) is 17.9. The summed E-state index contributed by atoms with van der Waals surface area (Å²) in [6.45, 7) is 8.43. The molecule has 0 saturated carbocycles. The fourth-order valence-corrected chi connectivity index (χ4v) is 3.85. The summed E-state index contributed by atoms with van der Waals surface area (Å²) in [5, 5.41) is 11.8. The van der Waals surface area contributed by atoms with Gasteiger partial charge in [0.05, 0.1) is 11.8 Å². The van der Waals surface area contributed by atoms with E-state index in [4.69, 9.17) is 5.84 Å². The number of nitrogens with zero attached hydrogens (tertiary/aromatic N) is 3. The number of aryl methyl sites for hydroxylation is 1. The zero-order chi connectivity index (χ0) is 21.7. The molecule has 7 heteroatoms. The van der Waals surface area contributed by atoms with Gasteiger partial charge in [0.25, 0.3) is 0 Å². The van der Waals surface area contributed by atoms with Crippen molar-refractivity contribution in [1.29, 1.82) is 0 Å². The molecule has 1 aromatic heterocycles. The van der Waals surface area contributed by atoms with Crippen LogP contribution in [0.1, 0.15) is 43.5 Å². The number of hydrogen-bond acceptors (Lipinski definition) is 5. The molecule has 0 radical (unpaired) electrons. The van der Waals surface area contributed by atoms with Gasteiger partial charge in [0.2, 0.25) is 11.1 Å². The molecule has 158 valence electrons. The van der Waals surface area contributed by atoms with Gasteiger partial charge < -0.3 is 11.2 Å². The van der Waals surface area contributed by atoms with Crippen molar-refractivity contribution in [3.63, 3.8) is 0 Å². The molecule has 3 aromatic rings. The fourth-order valence-electron chi connectivity index (χ4n) is 3.19. The van der Waals surface area contributed by atoms with E-state index in [0.29, 0.717) is 16.9 Å². The molecular weight excluding hydrogens is 394 g/mol. The van der Waals surface area contributed by atoms with Crippen molar-refractivity contribution in [2.45, 2.75) is 45.3 Å². The Morgan fingerprint density at radius 1 is 1.07 bits per heavy atom. The predicted molar refractivity (Wildman–Crippen MR) is 123 cm³/mol. The molecule has 3 N–H and O–H groups in total. The lowest BCUT2D eigenvalue weighted by Gasteiger charge is -2.15. The quantitative estimate of drug-likeness (QED) is 0.420. The van der Waals surface area contributed by atoms with Crippen LogP contribution >= 0.6 is 11.8 Å². The van der Waals surface area contributed by atoms with Crippen LogP contribution in [0.3, 0.4) is 0 Å². The van der Waals surface area contributed by atoms with Crippen molar-refractivity contribution in [2.75, 3.05) is 11.6 Å². The molecule has 0 aliphatic carbocycles. The van der Waals surface area contributed by atoms with Crippen molar-refractivity contribution in [3.8, 4) is 11.4 Å². The number of rotatable bonds is 8. The second-order valence-corrected chi connectivity index (χ2v) is 8.90. The van der Waals surface area contributed by atoms with E-state index in [2.05, 4.69) is 53.6 Å². The van der Waals surface area contributed by atoms with Crippen molar-refractivity contribution in [2.24, 2.45) is 5.92 Å². The molecule has 30 heavy (non-hydrogen) atoms. The third kappa shape index (κ3) is 5.63. The number of aromatic nitrogens is 3. The SMILES string of the molecule is Cc1ccc(-c2nnc(SCC(=O)N[C@@H](C)c3ccc(CC(C)C)cc3)n2N)cc1. The highest BCUT2D eigenvalue weighted by Gasteiger charge is 2.15. The Bertz CT molecular complexity index is 980. The van der Waals surface area contributed by atoms with Gasteiger partial charge in [-0.2, -0.15) is 0 Å². The lowest BCUT2D eigenvalue weighted by molar-refractivity contribution is -0.119. The van der Waals surface area contributed by atoms with Crippen LogP contribution in [-0.2, 0) is 11.2 Å². The minimum atomic E-state index is -0.0707. The average Bonchev–Trinajstić information content (AvgIpc) is 3.07. The summed E-state index contributed by atoms with van der Waals surface area (Å²) < 4.78 is 1.43. The molecule has 0 spiro atoms. The van der Waals surface area contributed by atoms with Crippen molar-refractivity contribution in [1.82, 2.24) is 20.2 Å². The molecule has 3 rings (SSSR count). The largest absolute Gasteiger partial charge is 0.349 e. The minimum Gasteiger partial charge on any atom is -0.349 e. The number of nitrogens with two attached hydrogens (primary N) is 1. The van der Waals surface area contributed by atoms with Crippen molar-refractivity contribution in [3.05, 3.63) is 65.2 Å². The predicted octanol–water partition coefficient (Wildman–Crippen LogP) is 4.14. The third-order valence-corrected chi connectivity index (χ3v) is 5.75. The van der Waals surface area contributed by atoms with Crippen molar-refractivity contribution < 1.29 is 4.79 Å². The summed E-state index contributed by atoms with van der Waals surface area (Å²) in [5.74, 6) is 7.49. The normalized spacial score (nSPS) is 12.2. The lowest BCUT2D eigenvalue weighted by atomic mass is 10.00. The molecule has 1 heterocycles. The maximum absolute atomic E-state index is 12.4.